The van der Waals surface area contributed by atoms with E-state index >= 15 is 0 Å². The molecule has 0 saturated carbocycles. The van der Waals surface area contributed by atoms with Crippen LogP contribution >= 0.6 is 15.9 Å². The van der Waals surface area contributed by atoms with Gasteiger partial charge in [-0.3, -0.25) is 20.4 Å². The summed E-state index contributed by atoms with van der Waals surface area (Å²) >= 11 is 3.31. The number of carbonyl (C=O) groups is 2. The Morgan fingerprint density at radius 3 is 2.48 bits per heavy atom. The molecule has 0 radical (unpaired) electrons. The van der Waals surface area contributed by atoms with Crippen molar-refractivity contribution in [2.75, 3.05) is 6.61 Å². The largest absolute Gasteiger partial charge is 0.484 e. The number of ether oxygens (including phenoxy) is 1. The topological polar surface area (TPSA) is 67.4 Å². The Labute approximate surface area is 130 Å². The van der Waals surface area contributed by atoms with Crippen LogP contribution in [0.3, 0.4) is 0 Å². The molecule has 0 spiro atoms. The second kappa shape index (κ2) is 7.44. The number of carbonyl (C=O) groups excluding carboxylic acids is 2. The molecule has 21 heavy (non-hydrogen) atoms. The van der Waals surface area contributed by atoms with Crippen LogP contribution in [-0.4, -0.2) is 18.4 Å². The van der Waals surface area contributed by atoms with Gasteiger partial charge in [0, 0.05) is 10.0 Å². The van der Waals surface area contributed by atoms with E-state index in [1.54, 1.807) is 48.5 Å². The lowest BCUT2D eigenvalue weighted by molar-refractivity contribution is -0.123. The Morgan fingerprint density at radius 1 is 1.00 bits per heavy atom. The molecular formula is C15H13BrN2O3. The first kappa shape index (κ1) is 15.1. The van der Waals surface area contributed by atoms with Gasteiger partial charge in [0.05, 0.1) is 0 Å². The average Bonchev–Trinajstić information content (AvgIpc) is 2.51. The quantitative estimate of drug-likeness (QED) is 0.833. The monoisotopic (exact) mass is 348 g/mol. The maximum absolute atomic E-state index is 11.7. The molecule has 2 N–H and O–H groups in total. The van der Waals surface area contributed by atoms with Crippen molar-refractivity contribution in [3.05, 3.63) is 64.6 Å². The third kappa shape index (κ3) is 4.92. The van der Waals surface area contributed by atoms with Crippen LogP contribution in [0.5, 0.6) is 5.75 Å². The number of amides is 2. The van der Waals surface area contributed by atoms with E-state index in [1.807, 2.05) is 6.07 Å². The van der Waals surface area contributed by atoms with Gasteiger partial charge in [0.1, 0.15) is 5.75 Å². The molecule has 0 atom stereocenters. The van der Waals surface area contributed by atoms with Gasteiger partial charge in [0.2, 0.25) is 0 Å². The lowest BCUT2D eigenvalue weighted by Gasteiger charge is -2.09. The Kier molecular flexibility index (Phi) is 5.34. The molecule has 0 aliphatic heterocycles. The van der Waals surface area contributed by atoms with Crippen LogP contribution in [0.4, 0.5) is 0 Å². The number of rotatable bonds is 4. The zero-order chi connectivity index (χ0) is 15.1. The summed E-state index contributed by atoms with van der Waals surface area (Å²) in [5.74, 6) is -0.264. The molecule has 108 valence electrons. The fourth-order valence-electron chi connectivity index (χ4n) is 1.53. The van der Waals surface area contributed by atoms with Gasteiger partial charge >= 0.3 is 0 Å². The molecular weight excluding hydrogens is 336 g/mol. The lowest BCUT2D eigenvalue weighted by Crippen LogP contribution is -2.43. The molecule has 5 nitrogen and oxygen atoms in total. The third-order valence-corrected chi connectivity index (χ3v) is 3.01. The Bertz CT molecular complexity index is 632. The number of hydrogen-bond donors (Lipinski definition) is 2. The van der Waals surface area contributed by atoms with Gasteiger partial charge in [-0.2, -0.15) is 0 Å². The zero-order valence-electron chi connectivity index (χ0n) is 11.0. The summed E-state index contributed by atoms with van der Waals surface area (Å²) in [5.41, 5.74) is 5.07. The molecule has 0 aromatic heterocycles. The smallest absolute Gasteiger partial charge is 0.276 e. The van der Waals surface area contributed by atoms with Crippen molar-refractivity contribution >= 4 is 27.7 Å². The van der Waals surface area contributed by atoms with Crippen molar-refractivity contribution in [3.8, 4) is 5.75 Å². The molecule has 2 aromatic carbocycles. The summed E-state index contributed by atoms with van der Waals surface area (Å²) in [4.78, 5) is 23.3. The zero-order valence-corrected chi connectivity index (χ0v) is 12.6. The molecule has 0 aliphatic rings. The summed E-state index contributed by atoms with van der Waals surface area (Å²) in [6.07, 6.45) is 0. The highest BCUT2D eigenvalue weighted by atomic mass is 79.9. The van der Waals surface area contributed by atoms with Crippen LogP contribution in [-0.2, 0) is 4.79 Å². The summed E-state index contributed by atoms with van der Waals surface area (Å²) < 4.78 is 6.15. The first-order valence-electron chi connectivity index (χ1n) is 6.18. The van der Waals surface area contributed by atoms with Gasteiger partial charge in [-0.05, 0) is 30.3 Å². The van der Waals surface area contributed by atoms with Crippen molar-refractivity contribution < 1.29 is 14.3 Å². The predicted octanol–water partition coefficient (Wildman–Crippen LogP) is 2.29. The molecule has 0 heterocycles. The summed E-state index contributed by atoms with van der Waals surface area (Å²) in [6.45, 7) is -0.189. The van der Waals surface area contributed by atoms with Crippen LogP contribution in [0.1, 0.15) is 10.4 Å². The van der Waals surface area contributed by atoms with E-state index < -0.39 is 5.91 Å². The predicted molar refractivity (Wildman–Crippen MR) is 81.7 cm³/mol. The highest BCUT2D eigenvalue weighted by Gasteiger charge is 2.07. The first-order chi connectivity index (χ1) is 10.1. The summed E-state index contributed by atoms with van der Waals surface area (Å²) in [5, 5.41) is 0. The maximum atomic E-state index is 11.7. The highest BCUT2D eigenvalue weighted by molar-refractivity contribution is 9.10. The minimum absolute atomic E-state index is 0.189. The standard InChI is InChI=1S/C15H13BrN2O3/c16-12-7-4-8-13(9-12)21-10-14(19)17-18-15(20)11-5-2-1-3-6-11/h1-9H,10H2,(H,17,19)(H,18,20). The van der Waals surface area contributed by atoms with Gasteiger partial charge in [-0.25, -0.2) is 0 Å². The molecule has 2 amide bonds. The number of hydrogen-bond acceptors (Lipinski definition) is 3. The van der Waals surface area contributed by atoms with E-state index in [0.29, 0.717) is 11.3 Å². The molecule has 6 heteroatoms. The van der Waals surface area contributed by atoms with E-state index in [4.69, 9.17) is 4.74 Å². The number of benzene rings is 2. The lowest BCUT2D eigenvalue weighted by atomic mass is 10.2. The van der Waals surface area contributed by atoms with E-state index in [9.17, 15) is 9.59 Å². The van der Waals surface area contributed by atoms with E-state index in [0.717, 1.165) is 4.47 Å². The molecule has 0 fully saturated rings. The van der Waals surface area contributed by atoms with Crippen molar-refractivity contribution in [2.45, 2.75) is 0 Å². The van der Waals surface area contributed by atoms with Gasteiger partial charge in [-0.15, -0.1) is 0 Å². The minimum Gasteiger partial charge on any atom is -0.484 e. The van der Waals surface area contributed by atoms with Crippen molar-refractivity contribution in [1.82, 2.24) is 10.9 Å². The van der Waals surface area contributed by atoms with E-state index in [1.165, 1.54) is 0 Å². The van der Waals surface area contributed by atoms with Crippen molar-refractivity contribution in [2.24, 2.45) is 0 Å². The van der Waals surface area contributed by atoms with E-state index in [-0.39, 0.29) is 12.5 Å². The van der Waals surface area contributed by atoms with Crippen LogP contribution in [0, 0.1) is 0 Å². The van der Waals surface area contributed by atoms with Crippen LogP contribution in [0.25, 0.3) is 0 Å². The van der Waals surface area contributed by atoms with Crippen molar-refractivity contribution in [3.63, 3.8) is 0 Å². The fourth-order valence-corrected chi connectivity index (χ4v) is 1.91. The third-order valence-electron chi connectivity index (χ3n) is 2.52. The van der Waals surface area contributed by atoms with Crippen molar-refractivity contribution in [1.29, 1.82) is 0 Å². The van der Waals surface area contributed by atoms with Gasteiger partial charge in [0.25, 0.3) is 11.8 Å². The molecule has 2 rings (SSSR count). The molecule has 2 aromatic rings. The second-order valence-corrected chi connectivity index (χ2v) is 5.03. The number of nitrogens with one attached hydrogen (secondary N) is 2. The van der Waals surface area contributed by atoms with Crippen LogP contribution in [0.2, 0.25) is 0 Å². The van der Waals surface area contributed by atoms with Gasteiger partial charge < -0.3 is 4.74 Å². The van der Waals surface area contributed by atoms with Crippen LogP contribution in [0.15, 0.2) is 59.1 Å². The first-order valence-corrected chi connectivity index (χ1v) is 6.97. The normalized spacial score (nSPS) is 9.76. The Hall–Kier alpha value is -2.34. The minimum atomic E-state index is -0.445. The average molecular weight is 349 g/mol. The SMILES string of the molecule is O=C(COc1cccc(Br)c1)NNC(=O)c1ccccc1. The molecule has 0 aliphatic carbocycles. The van der Waals surface area contributed by atoms with Gasteiger partial charge in [-0.1, -0.05) is 40.2 Å². The fraction of sp³-hybridized carbons (Fsp3) is 0.0667. The highest BCUT2D eigenvalue weighted by Crippen LogP contribution is 2.17. The summed E-state index contributed by atoms with van der Waals surface area (Å²) in [7, 11) is 0. The molecule has 0 saturated heterocycles. The number of halogens is 1. The van der Waals surface area contributed by atoms with E-state index in [2.05, 4.69) is 26.8 Å². The number of hydrazine groups is 1. The Balaban J connectivity index is 1.76. The Morgan fingerprint density at radius 2 is 1.76 bits per heavy atom. The molecule has 0 bridgehead atoms. The second-order valence-electron chi connectivity index (χ2n) is 4.11. The van der Waals surface area contributed by atoms with Gasteiger partial charge in [0.15, 0.2) is 6.61 Å². The maximum Gasteiger partial charge on any atom is 0.276 e. The van der Waals surface area contributed by atoms with Crippen LogP contribution < -0.4 is 15.6 Å². The summed E-state index contributed by atoms with van der Waals surface area (Å²) in [6, 6.07) is 15.7. The molecule has 0 unspecified atom stereocenters.